The van der Waals surface area contributed by atoms with Gasteiger partial charge in [0.15, 0.2) is 5.69 Å². The van der Waals surface area contributed by atoms with Crippen molar-refractivity contribution in [3.05, 3.63) is 23.9 Å². The third-order valence-corrected chi connectivity index (χ3v) is 5.06. The Morgan fingerprint density at radius 2 is 2.14 bits per heavy atom. The zero-order chi connectivity index (χ0) is 15.3. The first-order chi connectivity index (χ1) is 10.6. The molecule has 22 heavy (non-hydrogen) atoms. The second-order valence-corrected chi connectivity index (χ2v) is 6.47. The number of nitrogens with zero attached hydrogens (tertiary/aromatic N) is 3. The number of aromatic nitrogens is 2. The van der Waals surface area contributed by atoms with E-state index in [1.807, 2.05) is 25.2 Å². The van der Waals surface area contributed by atoms with Crippen molar-refractivity contribution in [1.29, 1.82) is 0 Å². The fourth-order valence-corrected chi connectivity index (χ4v) is 3.81. The van der Waals surface area contributed by atoms with Crippen LogP contribution < -0.4 is 11.1 Å². The number of hydrogen-bond donors (Lipinski definition) is 2. The Hall–Kier alpha value is -2.08. The number of nitrogen functional groups attached to an aromatic ring is 1. The van der Waals surface area contributed by atoms with Gasteiger partial charge in [-0.25, -0.2) is 0 Å². The molecule has 1 aromatic heterocycles. The van der Waals surface area contributed by atoms with E-state index in [4.69, 9.17) is 5.73 Å². The summed E-state index contributed by atoms with van der Waals surface area (Å²) in [6.07, 6.45) is 2.37. The number of amides is 1. The van der Waals surface area contributed by atoms with Crippen LogP contribution in [0.2, 0.25) is 0 Å². The molecule has 1 atom stereocenters. The topological polar surface area (TPSA) is 76.2 Å². The van der Waals surface area contributed by atoms with Gasteiger partial charge in [-0.05, 0) is 50.0 Å². The van der Waals surface area contributed by atoms with Gasteiger partial charge in [0.1, 0.15) is 0 Å². The molecular weight excluding hydrogens is 278 g/mol. The monoisotopic (exact) mass is 299 g/mol. The van der Waals surface area contributed by atoms with Crippen LogP contribution in [-0.2, 0) is 7.05 Å². The van der Waals surface area contributed by atoms with Crippen molar-refractivity contribution in [2.24, 2.45) is 13.0 Å². The van der Waals surface area contributed by atoms with E-state index < -0.39 is 0 Å². The van der Waals surface area contributed by atoms with Crippen LogP contribution in [0.5, 0.6) is 0 Å². The van der Waals surface area contributed by atoms with Crippen molar-refractivity contribution in [3.63, 3.8) is 0 Å². The molecule has 3 aliphatic heterocycles. The Bertz CT molecular complexity index is 729. The van der Waals surface area contributed by atoms with E-state index in [9.17, 15) is 4.79 Å². The Kier molecular flexibility index (Phi) is 3.07. The maximum absolute atomic E-state index is 12.7. The predicted octanol–water partition coefficient (Wildman–Crippen LogP) is 0.979. The highest BCUT2D eigenvalue weighted by molar-refractivity contribution is 6.05. The molecule has 3 N–H and O–H groups in total. The second kappa shape index (κ2) is 4.98. The lowest BCUT2D eigenvalue weighted by atomic mass is 9.84. The molecule has 6 heteroatoms. The van der Waals surface area contributed by atoms with Crippen molar-refractivity contribution >= 4 is 22.5 Å². The molecule has 2 aromatic rings. The third kappa shape index (κ3) is 2.14. The molecule has 3 aliphatic rings. The quantitative estimate of drug-likeness (QED) is 0.811. The van der Waals surface area contributed by atoms with Crippen LogP contribution in [0, 0.1) is 5.92 Å². The summed E-state index contributed by atoms with van der Waals surface area (Å²) >= 11 is 0. The number of nitrogens with two attached hydrogens (primary N) is 1. The molecular formula is C16H21N5O. The summed E-state index contributed by atoms with van der Waals surface area (Å²) in [5, 5.41) is 8.45. The zero-order valence-corrected chi connectivity index (χ0v) is 12.7. The summed E-state index contributed by atoms with van der Waals surface area (Å²) in [6, 6.07) is 5.80. The van der Waals surface area contributed by atoms with Crippen LogP contribution in [-0.4, -0.2) is 46.3 Å². The molecule has 2 bridgehead atoms. The number of aryl methyl sites for hydroxylation is 1. The van der Waals surface area contributed by atoms with Gasteiger partial charge in [-0.1, -0.05) is 0 Å². The van der Waals surface area contributed by atoms with Gasteiger partial charge in [-0.2, -0.15) is 5.10 Å². The molecule has 0 saturated carbocycles. The molecule has 116 valence electrons. The SMILES string of the molecule is Cn1nc(C(=O)N[C@@H]2CN3CCC2CC3)c2ccc(N)cc21. The molecule has 6 nitrogen and oxygen atoms in total. The highest BCUT2D eigenvalue weighted by Crippen LogP contribution is 2.28. The summed E-state index contributed by atoms with van der Waals surface area (Å²) in [6.45, 7) is 3.31. The van der Waals surface area contributed by atoms with E-state index in [0.717, 1.165) is 17.4 Å². The lowest BCUT2D eigenvalue weighted by molar-refractivity contribution is 0.0618. The van der Waals surface area contributed by atoms with Gasteiger partial charge in [0.2, 0.25) is 0 Å². The van der Waals surface area contributed by atoms with Gasteiger partial charge in [0.05, 0.1) is 5.52 Å². The number of piperidine rings is 3. The summed E-state index contributed by atoms with van der Waals surface area (Å²) in [4.78, 5) is 15.1. The average molecular weight is 299 g/mol. The Morgan fingerprint density at radius 3 is 2.82 bits per heavy atom. The number of carbonyl (C=O) groups is 1. The first-order valence-corrected chi connectivity index (χ1v) is 7.87. The number of benzene rings is 1. The molecule has 3 saturated heterocycles. The number of nitrogens with one attached hydrogen (secondary N) is 1. The van der Waals surface area contributed by atoms with Crippen LogP contribution in [0.1, 0.15) is 23.3 Å². The molecule has 0 aliphatic carbocycles. The van der Waals surface area contributed by atoms with E-state index in [1.165, 1.54) is 25.9 Å². The highest BCUT2D eigenvalue weighted by atomic mass is 16.2. The van der Waals surface area contributed by atoms with Crippen LogP contribution in [0.3, 0.4) is 0 Å². The molecule has 0 unspecified atom stereocenters. The Balaban J connectivity index is 1.60. The average Bonchev–Trinajstić information content (AvgIpc) is 2.85. The van der Waals surface area contributed by atoms with Gasteiger partial charge in [-0.15, -0.1) is 0 Å². The molecule has 4 heterocycles. The van der Waals surface area contributed by atoms with Gasteiger partial charge in [-0.3, -0.25) is 9.48 Å². The van der Waals surface area contributed by atoms with E-state index >= 15 is 0 Å². The van der Waals surface area contributed by atoms with Crippen molar-refractivity contribution in [1.82, 2.24) is 20.0 Å². The number of anilines is 1. The molecule has 0 radical (unpaired) electrons. The lowest BCUT2D eigenvalue weighted by Crippen LogP contribution is -2.57. The number of rotatable bonds is 2. The molecule has 0 spiro atoms. The standard InChI is InChI=1S/C16H21N5O/c1-20-14-8-11(17)2-3-12(14)15(19-20)16(22)18-13-9-21-6-4-10(13)5-7-21/h2-3,8,10,13H,4-7,9,17H2,1H3,(H,18,22)/t13-/m1/s1. The third-order valence-electron chi connectivity index (χ3n) is 5.06. The Labute approximate surface area is 129 Å². The van der Waals surface area contributed by atoms with Crippen molar-refractivity contribution in [2.75, 3.05) is 25.4 Å². The van der Waals surface area contributed by atoms with Gasteiger partial charge in [0.25, 0.3) is 5.91 Å². The number of fused-ring (bicyclic) bond motifs is 4. The van der Waals surface area contributed by atoms with Crippen molar-refractivity contribution in [3.8, 4) is 0 Å². The van der Waals surface area contributed by atoms with Gasteiger partial charge >= 0.3 is 0 Å². The largest absolute Gasteiger partial charge is 0.399 e. The Morgan fingerprint density at radius 1 is 1.36 bits per heavy atom. The summed E-state index contributed by atoms with van der Waals surface area (Å²) in [7, 11) is 1.84. The van der Waals surface area contributed by atoms with Crippen LogP contribution in [0.15, 0.2) is 18.2 Å². The zero-order valence-electron chi connectivity index (χ0n) is 12.7. The van der Waals surface area contributed by atoms with Crippen LogP contribution in [0.25, 0.3) is 10.9 Å². The van der Waals surface area contributed by atoms with E-state index in [2.05, 4.69) is 15.3 Å². The van der Waals surface area contributed by atoms with E-state index in [0.29, 0.717) is 17.3 Å². The number of carbonyl (C=O) groups excluding carboxylic acids is 1. The van der Waals surface area contributed by atoms with Crippen molar-refractivity contribution < 1.29 is 4.79 Å². The van der Waals surface area contributed by atoms with Gasteiger partial charge < -0.3 is 16.0 Å². The summed E-state index contributed by atoms with van der Waals surface area (Å²) in [5.41, 5.74) is 7.88. The van der Waals surface area contributed by atoms with Crippen LogP contribution in [0.4, 0.5) is 5.69 Å². The molecule has 5 rings (SSSR count). The van der Waals surface area contributed by atoms with Gasteiger partial charge in [0, 0.05) is 30.7 Å². The minimum atomic E-state index is -0.0749. The maximum Gasteiger partial charge on any atom is 0.272 e. The second-order valence-electron chi connectivity index (χ2n) is 6.47. The molecule has 1 aromatic carbocycles. The predicted molar refractivity (Wildman–Crippen MR) is 85.5 cm³/mol. The minimum Gasteiger partial charge on any atom is -0.399 e. The summed E-state index contributed by atoms with van der Waals surface area (Å²) in [5.74, 6) is 0.536. The lowest BCUT2D eigenvalue weighted by Gasteiger charge is -2.44. The van der Waals surface area contributed by atoms with Crippen molar-refractivity contribution in [2.45, 2.75) is 18.9 Å². The first-order valence-electron chi connectivity index (χ1n) is 7.87. The fraction of sp³-hybridized carbons (Fsp3) is 0.500. The van der Waals surface area contributed by atoms with E-state index in [1.54, 1.807) is 4.68 Å². The van der Waals surface area contributed by atoms with E-state index in [-0.39, 0.29) is 11.9 Å². The first kappa shape index (κ1) is 13.6. The highest BCUT2D eigenvalue weighted by Gasteiger charge is 2.35. The summed E-state index contributed by atoms with van der Waals surface area (Å²) < 4.78 is 1.72. The fourth-order valence-electron chi connectivity index (χ4n) is 3.81. The maximum atomic E-state index is 12.7. The molecule has 3 fully saturated rings. The molecule has 1 amide bonds. The minimum absolute atomic E-state index is 0.0749. The smallest absolute Gasteiger partial charge is 0.272 e. The van der Waals surface area contributed by atoms with Crippen LogP contribution >= 0.6 is 0 Å². The number of hydrogen-bond acceptors (Lipinski definition) is 4. The normalized spacial score (nSPS) is 27.2.